The van der Waals surface area contributed by atoms with Crippen molar-refractivity contribution in [2.75, 3.05) is 0 Å². The van der Waals surface area contributed by atoms with Crippen molar-refractivity contribution in [3.05, 3.63) is 0 Å². The van der Waals surface area contributed by atoms with Gasteiger partial charge in [-0.25, -0.2) is 0 Å². The van der Waals surface area contributed by atoms with Gasteiger partial charge in [0.25, 0.3) is 11.8 Å². The number of rotatable bonds is 5. The lowest BCUT2D eigenvalue weighted by Gasteiger charge is -2.16. The molecule has 2 atom stereocenters. The van der Waals surface area contributed by atoms with Crippen LogP contribution in [-0.2, 0) is 9.59 Å². The molecule has 0 spiro atoms. The van der Waals surface area contributed by atoms with Gasteiger partial charge in [-0.2, -0.15) is 0 Å². The molecule has 0 saturated heterocycles. The molecule has 0 aliphatic heterocycles. The Labute approximate surface area is 93.0 Å². The molecule has 6 heteroatoms. The Morgan fingerprint density at radius 2 is 1.19 bits per heavy atom. The van der Waals surface area contributed by atoms with Gasteiger partial charge < -0.3 is 20.8 Å². The lowest BCUT2D eigenvalue weighted by atomic mass is 10.1. The second kappa shape index (κ2) is 4.39. The SMILES string of the molecule is O=C(NC1CC1)C(O)C(O)C(=O)NC1CC1. The number of aliphatic hydroxyl groups excluding tert-OH is 2. The Hall–Kier alpha value is -1.14. The maximum absolute atomic E-state index is 11.3. The monoisotopic (exact) mass is 228 g/mol. The normalized spacial score (nSPS) is 23.4. The summed E-state index contributed by atoms with van der Waals surface area (Å²) < 4.78 is 0. The third-order valence-electron chi connectivity index (χ3n) is 2.68. The van der Waals surface area contributed by atoms with Crippen LogP contribution in [0.15, 0.2) is 0 Å². The molecule has 2 unspecified atom stereocenters. The van der Waals surface area contributed by atoms with Crippen molar-refractivity contribution in [3.63, 3.8) is 0 Å². The van der Waals surface area contributed by atoms with E-state index in [1.54, 1.807) is 0 Å². The quantitative estimate of drug-likeness (QED) is 0.449. The summed E-state index contributed by atoms with van der Waals surface area (Å²) in [7, 11) is 0. The Kier molecular flexibility index (Phi) is 3.11. The van der Waals surface area contributed by atoms with E-state index in [0.29, 0.717) is 0 Å². The zero-order valence-corrected chi connectivity index (χ0v) is 8.85. The van der Waals surface area contributed by atoms with Gasteiger partial charge in [-0.05, 0) is 25.7 Å². The maximum Gasteiger partial charge on any atom is 0.252 e. The molecule has 90 valence electrons. The summed E-state index contributed by atoms with van der Waals surface area (Å²) in [5, 5.41) is 23.9. The van der Waals surface area contributed by atoms with Crippen LogP contribution in [0.25, 0.3) is 0 Å². The molecule has 16 heavy (non-hydrogen) atoms. The first-order valence-corrected chi connectivity index (χ1v) is 5.55. The molecule has 6 nitrogen and oxygen atoms in total. The molecule has 0 bridgehead atoms. The van der Waals surface area contributed by atoms with Crippen LogP contribution in [-0.4, -0.2) is 46.3 Å². The average molecular weight is 228 g/mol. The van der Waals surface area contributed by atoms with Crippen LogP contribution >= 0.6 is 0 Å². The highest BCUT2D eigenvalue weighted by atomic mass is 16.3. The Balaban J connectivity index is 1.78. The Morgan fingerprint density at radius 3 is 1.44 bits per heavy atom. The summed E-state index contributed by atoms with van der Waals surface area (Å²) >= 11 is 0. The molecule has 2 amide bonds. The molecule has 2 saturated carbocycles. The van der Waals surface area contributed by atoms with Crippen LogP contribution in [0.5, 0.6) is 0 Å². The Morgan fingerprint density at radius 1 is 0.875 bits per heavy atom. The molecule has 2 aliphatic carbocycles. The molecule has 2 fully saturated rings. The number of aliphatic hydroxyl groups is 2. The fraction of sp³-hybridized carbons (Fsp3) is 0.800. The molecular formula is C10H16N2O4. The van der Waals surface area contributed by atoms with E-state index in [9.17, 15) is 19.8 Å². The summed E-state index contributed by atoms with van der Waals surface area (Å²) in [6.07, 6.45) is 0.204. The molecule has 0 aromatic carbocycles. The highest BCUT2D eigenvalue weighted by Crippen LogP contribution is 2.20. The summed E-state index contributed by atoms with van der Waals surface area (Å²) in [4.78, 5) is 22.7. The number of hydrogen-bond donors (Lipinski definition) is 4. The number of carbonyl (C=O) groups excluding carboxylic acids is 2. The molecule has 4 N–H and O–H groups in total. The zero-order valence-electron chi connectivity index (χ0n) is 8.85. The van der Waals surface area contributed by atoms with Crippen molar-refractivity contribution >= 4 is 11.8 Å². The topological polar surface area (TPSA) is 98.7 Å². The van der Waals surface area contributed by atoms with E-state index in [1.165, 1.54) is 0 Å². The molecular weight excluding hydrogens is 212 g/mol. The van der Waals surface area contributed by atoms with E-state index in [4.69, 9.17) is 0 Å². The first-order chi connectivity index (χ1) is 7.58. The molecule has 0 aromatic heterocycles. The summed E-state index contributed by atoms with van der Waals surface area (Å²) in [6.45, 7) is 0. The van der Waals surface area contributed by atoms with Crippen LogP contribution in [0.1, 0.15) is 25.7 Å². The van der Waals surface area contributed by atoms with E-state index >= 15 is 0 Å². The standard InChI is InChI=1S/C10H16N2O4/c13-7(9(15)11-5-1-2-5)8(14)10(16)12-6-3-4-6/h5-8,13-14H,1-4H2,(H,11,15)(H,12,16). The van der Waals surface area contributed by atoms with E-state index in [-0.39, 0.29) is 12.1 Å². The predicted molar refractivity (Wildman–Crippen MR) is 54.3 cm³/mol. The van der Waals surface area contributed by atoms with Gasteiger partial charge in [-0.1, -0.05) is 0 Å². The van der Waals surface area contributed by atoms with Gasteiger partial charge in [0.05, 0.1) is 0 Å². The highest BCUT2D eigenvalue weighted by Gasteiger charge is 2.35. The predicted octanol–water partition coefficient (Wildman–Crippen LogP) is -1.73. The van der Waals surface area contributed by atoms with Crippen LogP contribution in [0.2, 0.25) is 0 Å². The van der Waals surface area contributed by atoms with Crippen molar-refractivity contribution in [1.82, 2.24) is 10.6 Å². The zero-order chi connectivity index (χ0) is 11.7. The van der Waals surface area contributed by atoms with Crippen molar-refractivity contribution < 1.29 is 19.8 Å². The van der Waals surface area contributed by atoms with Crippen LogP contribution in [0.4, 0.5) is 0 Å². The van der Waals surface area contributed by atoms with E-state index in [1.807, 2.05) is 0 Å². The maximum atomic E-state index is 11.3. The minimum Gasteiger partial charge on any atom is -0.380 e. The highest BCUT2D eigenvalue weighted by molar-refractivity contribution is 5.91. The fourth-order valence-electron chi connectivity index (χ4n) is 1.32. The first-order valence-electron chi connectivity index (χ1n) is 5.55. The molecule has 2 rings (SSSR count). The van der Waals surface area contributed by atoms with Crippen LogP contribution < -0.4 is 10.6 Å². The first kappa shape index (κ1) is 11.3. The largest absolute Gasteiger partial charge is 0.380 e. The smallest absolute Gasteiger partial charge is 0.252 e. The fourth-order valence-corrected chi connectivity index (χ4v) is 1.32. The Bertz CT molecular complexity index is 269. The summed E-state index contributed by atoms with van der Waals surface area (Å²) in [5.74, 6) is -1.36. The van der Waals surface area contributed by atoms with Gasteiger partial charge in [0.1, 0.15) is 0 Å². The number of hydrogen-bond acceptors (Lipinski definition) is 4. The lowest BCUT2D eigenvalue weighted by Crippen LogP contribution is -2.50. The minimum absolute atomic E-state index is 0.0980. The van der Waals surface area contributed by atoms with Crippen LogP contribution in [0.3, 0.4) is 0 Å². The third-order valence-corrected chi connectivity index (χ3v) is 2.68. The molecule has 0 aromatic rings. The van der Waals surface area contributed by atoms with E-state index in [0.717, 1.165) is 25.7 Å². The number of amides is 2. The van der Waals surface area contributed by atoms with Gasteiger partial charge in [-0.3, -0.25) is 9.59 Å². The third kappa shape index (κ3) is 2.93. The molecule has 0 heterocycles. The number of carbonyl (C=O) groups is 2. The van der Waals surface area contributed by atoms with Gasteiger partial charge in [0, 0.05) is 12.1 Å². The second-order valence-corrected chi connectivity index (χ2v) is 4.46. The van der Waals surface area contributed by atoms with Gasteiger partial charge in [-0.15, -0.1) is 0 Å². The molecule has 2 aliphatic rings. The summed E-state index contributed by atoms with van der Waals surface area (Å²) in [6, 6.07) is 0.196. The van der Waals surface area contributed by atoms with Crippen molar-refractivity contribution in [3.8, 4) is 0 Å². The van der Waals surface area contributed by atoms with E-state index < -0.39 is 24.0 Å². The van der Waals surface area contributed by atoms with Crippen LogP contribution in [0, 0.1) is 0 Å². The second-order valence-electron chi connectivity index (χ2n) is 4.46. The average Bonchev–Trinajstić information content (AvgIpc) is 3.10. The van der Waals surface area contributed by atoms with Crippen molar-refractivity contribution in [2.45, 2.75) is 50.0 Å². The van der Waals surface area contributed by atoms with E-state index in [2.05, 4.69) is 10.6 Å². The van der Waals surface area contributed by atoms with Crippen molar-refractivity contribution in [1.29, 1.82) is 0 Å². The van der Waals surface area contributed by atoms with Gasteiger partial charge in [0.15, 0.2) is 12.2 Å². The number of nitrogens with one attached hydrogen (secondary N) is 2. The summed E-state index contributed by atoms with van der Waals surface area (Å²) in [5.41, 5.74) is 0. The minimum atomic E-state index is -1.68. The van der Waals surface area contributed by atoms with Gasteiger partial charge >= 0.3 is 0 Å². The lowest BCUT2D eigenvalue weighted by molar-refractivity contribution is -0.146. The molecule has 0 radical (unpaired) electrons. The van der Waals surface area contributed by atoms with Gasteiger partial charge in [0.2, 0.25) is 0 Å². The van der Waals surface area contributed by atoms with Crippen molar-refractivity contribution in [2.24, 2.45) is 0 Å².